The first-order valence-electron chi connectivity index (χ1n) is 5.23. The molecule has 0 spiro atoms. The van der Waals surface area contributed by atoms with Crippen molar-refractivity contribution in [3.63, 3.8) is 0 Å². The Morgan fingerprint density at radius 1 is 1.36 bits per heavy atom. The van der Waals surface area contributed by atoms with Crippen molar-refractivity contribution < 1.29 is 0 Å². The summed E-state index contributed by atoms with van der Waals surface area (Å²) in [6.45, 7) is 4.47. The number of rotatable bonds is 3. The molecule has 0 aliphatic heterocycles. The predicted octanol–water partition coefficient (Wildman–Crippen LogP) is 3.15. The highest BCUT2D eigenvalue weighted by atomic mass is 14.9. The second-order valence-electron chi connectivity index (χ2n) is 3.92. The van der Waals surface area contributed by atoms with Crippen LogP contribution in [-0.4, -0.2) is 9.97 Å². The topological polar surface area (TPSA) is 28.7 Å². The molecule has 2 rings (SSSR count). The van der Waals surface area contributed by atoms with Gasteiger partial charge in [-0.3, -0.25) is 0 Å². The Kier molecular flexibility index (Phi) is 2.53. The van der Waals surface area contributed by atoms with Crippen LogP contribution in [0.15, 0.2) is 24.3 Å². The zero-order valence-electron chi connectivity index (χ0n) is 8.75. The fraction of sp³-hybridized carbons (Fsp3) is 0.417. The maximum atomic E-state index is 4.55. The van der Waals surface area contributed by atoms with E-state index in [1.165, 1.54) is 6.42 Å². The Labute approximate surface area is 84.4 Å². The molecule has 0 radical (unpaired) electrons. The van der Waals surface area contributed by atoms with Gasteiger partial charge in [0.05, 0.1) is 11.0 Å². The van der Waals surface area contributed by atoms with Gasteiger partial charge in [-0.25, -0.2) is 4.98 Å². The lowest BCUT2D eigenvalue weighted by Crippen LogP contribution is -1.99. The summed E-state index contributed by atoms with van der Waals surface area (Å²) in [5, 5.41) is 0. The number of fused-ring (bicyclic) bond motifs is 1. The van der Waals surface area contributed by atoms with Crippen LogP contribution in [-0.2, 0) is 6.42 Å². The molecule has 0 bridgehead atoms. The number of nitrogens with one attached hydrogen (secondary N) is 1. The van der Waals surface area contributed by atoms with Crippen LogP contribution in [0.25, 0.3) is 11.0 Å². The number of aromatic nitrogens is 2. The van der Waals surface area contributed by atoms with E-state index in [-0.39, 0.29) is 0 Å². The Hall–Kier alpha value is -1.31. The fourth-order valence-electron chi connectivity index (χ4n) is 1.58. The smallest absolute Gasteiger partial charge is 0.107 e. The summed E-state index contributed by atoms with van der Waals surface area (Å²) in [6.07, 6.45) is 2.25. The monoisotopic (exact) mass is 188 g/mol. The summed E-state index contributed by atoms with van der Waals surface area (Å²) in [5.74, 6) is 1.82. The summed E-state index contributed by atoms with van der Waals surface area (Å²) >= 11 is 0. The van der Waals surface area contributed by atoms with Crippen LogP contribution in [0.1, 0.15) is 26.1 Å². The molecule has 2 aromatic rings. The SMILES string of the molecule is CCC(C)Cc1nc2ccccc2[nH]1. The molecule has 2 heteroatoms. The quantitative estimate of drug-likeness (QED) is 0.787. The van der Waals surface area contributed by atoms with Crippen molar-refractivity contribution in [1.82, 2.24) is 9.97 Å². The van der Waals surface area contributed by atoms with E-state index >= 15 is 0 Å². The Balaban J connectivity index is 2.27. The predicted molar refractivity (Wildman–Crippen MR) is 59.3 cm³/mol. The third-order valence-electron chi connectivity index (χ3n) is 2.68. The van der Waals surface area contributed by atoms with Crippen molar-refractivity contribution in [1.29, 1.82) is 0 Å². The van der Waals surface area contributed by atoms with Crippen LogP contribution in [0.3, 0.4) is 0 Å². The molecule has 0 saturated carbocycles. The first kappa shape index (κ1) is 9.25. The lowest BCUT2D eigenvalue weighted by atomic mass is 10.1. The van der Waals surface area contributed by atoms with Crippen LogP contribution in [0.5, 0.6) is 0 Å². The lowest BCUT2D eigenvalue weighted by molar-refractivity contribution is 0.547. The van der Waals surface area contributed by atoms with E-state index in [9.17, 15) is 0 Å². The van der Waals surface area contributed by atoms with E-state index in [1.807, 2.05) is 18.2 Å². The first-order valence-corrected chi connectivity index (χ1v) is 5.23. The number of H-pyrrole nitrogens is 1. The maximum absolute atomic E-state index is 4.55. The molecule has 0 fully saturated rings. The molecule has 1 aromatic heterocycles. The van der Waals surface area contributed by atoms with Gasteiger partial charge in [0.25, 0.3) is 0 Å². The Morgan fingerprint density at radius 3 is 2.86 bits per heavy atom. The molecular formula is C12H16N2. The number of hydrogen-bond donors (Lipinski definition) is 1. The highest BCUT2D eigenvalue weighted by molar-refractivity contribution is 5.74. The third-order valence-corrected chi connectivity index (χ3v) is 2.68. The van der Waals surface area contributed by atoms with Crippen LogP contribution in [0.2, 0.25) is 0 Å². The number of imidazole rings is 1. The summed E-state index contributed by atoms with van der Waals surface area (Å²) in [7, 11) is 0. The van der Waals surface area contributed by atoms with Crippen LogP contribution >= 0.6 is 0 Å². The molecule has 74 valence electrons. The van der Waals surface area contributed by atoms with Crippen LogP contribution in [0, 0.1) is 5.92 Å². The van der Waals surface area contributed by atoms with Crippen molar-refractivity contribution in [3.8, 4) is 0 Å². The van der Waals surface area contributed by atoms with Crippen molar-refractivity contribution in [2.45, 2.75) is 26.7 Å². The van der Waals surface area contributed by atoms with Gasteiger partial charge in [-0.2, -0.15) is 0 Å². The van der Waals surface area contributed by atoms with Crippen molar-refractivity contribution in [3.05, 3.63) is 30.1 Å². The van der Waals surface area contributed by atoms with Gasteiger partial charge in [-0.1, -0.05) is 32.4 Å². The molecule has 0 amide bonds. The van der Waals surface area contributed by atoms with Crippen molar-refractivity contribution >= 4 is 11.0 Å². The van der Waals surface area contributed by atoms with Crippen LogP contribution in [0.4, 0.5) is 0 Å². The van der Waals surface area contributed by atoms with Gasteiger partial charge in [0.1, 0.15) is 5.82 Å². The molecule has 1 unspecified atom stereocenters. The Morgan fingerprint density at radius 2 is 2.14 bits per heavy atom. The first-order chi connectivity index (χ1) is 6.79. The van der Waals surface area contributed by atoms with Gasteiger partial charge >= 0.3 is 0 Å². The minimum atomic E-state index is 0.704. The standard InChI is InChI=1S/C12H16N2/c1-3-9(2)8-12-13-10-6-4-5-7-11(10)14-12/h4-7,9H,3,8H2,1-2H3,(H,13,14). The van der Waals surface area contributed by atoms with E-state index in [4.69, 9.17) is 0 Å². The van der Waals surface area contributed by atoms with E-state index in [0.29, 0.717) is 5.92 Å². The summed E-state index contributed by atoms with van der Waals surface area (Å²) in [5.41, 5.74) is 2.22. The number of benzene rings is 1. The summed E-state index contributed by atoms with van der Waals surface area (Å²) in [6, 6.07) is 8.18. The largest absolute Gasteiger partial charge is 0.342 e. The molecule has 1 heterocycles. The lowest BCUT2D eigenvalue weighted by Gasteiger charge is -2.03. The number of nitrogens with zero attached hydrogens (tertiary/aromatic N) is 1. The van der Waals surface area contributed by atoms with Crippen molar-refractivity contribution in [2.24, 2.45) is 5.92 Å². The van der Waals surface area contributed by atoms with Gasteiger partial charge in [-0.05, 0) is 18.1 Å². The van der Waals surface area contributed by atoms with Gasteiger partial charge in [0.15, 0.2) is 0 Å². The average molecular weight is 188 g/mol. The Bertz CT molecular complexity index is 384. The number of aromatic amines is 1. The molecule has 0 aliphatic rings. The van der Waals surface area contributed by atoms with Gasteiger partial charge in [-0.15, -0.1) is 0 Å². The highest BCUT2D eigenvalue weighted by Crippen LogP contribution is 2.14. The third kappa shape index (κ3) is 1.79. The van der Waals surface area contributed by atoms with Crippen LogP contribution < -0.4 is 0 Å². The maximum Gasteiger partial charge on any atom is 0.107 e. The molecule has 1 aromatic carbocycles. The fourth-order valence-corrected chi connectivity index (χ4v) is 1.58. The molecule has 0 saturated heterocycles. The van der Waals surface area contributed by atoms with E-state index < -0.39 is 0 Å². The summed E-state index contributed by atoms with van der Waals surface area (Å²) in [4.78, 5) is 7.89. The highest BCUT2D eigenvalue weighted by Gasteiger charge is 2.05. The van der Waals surface area contributed by atoms with Crippen molar-refractivity contribution in [2.75, 3.05) is 0 Å². The number of hydrogen-bond acceptors (Lipinski definition) is 1. The second kappa shape index (κ2) is 3.82. The molecular weight excluding hydrogens is 172 g/mol. The van der Waals surface area contributed by atoms with E-state index in [1.54, 1.807) is 0 Å². The molecule has 14 heavy (non-hydrogen) atoms. The van der Waals surface area contributed by atoms with Gasteiger partial charge in [0, 0.05) is 6.42 Å². The second-order valence-corrected chi connectivity index (χ2v) is 3.92. The van der Waals surface area contributed by atoms with Gasteiger partial charge < -0.3 is 4.98 Å². The summed E-state index contributed by atoms with van der Waals surface area (Å²) < 4.78 is 0. The van der Waals surface area contributed by atoms with E-state index in [2.05, 4.69) is 29.9 Å². The molecule has 1 atom stereocenters. The van der Waals surface area contributed by atoms with Gasteiger partial charge in [0.2, 0.25) is 0 Å². The number of para-hydroxylation sites is 2. The minimum absolute atomic E-state index is 0.704. The average Bonchev–Trinajstić information content (AvgIpc) is 2.59. The molecule has 2 nitrogen and oxygen atoms in total. The van der Waals surface area contributed by atoms with E-state index in [0.717, 1.165) is 23.3 Å². The molecule has 1 N–H and O–H groups in total. The zero-order chi connectivity index (χ0) is 9.97. The normalized spacial score (nSPS) is 13.3. The molecule has 0 aliphatic carbocycles. The zero-order valence-corrected chi connectivity index (χ0v) is 8.75. The minimum Gasteiger partial charge on any atom is -0.342 e.